The monoisotopic (exact) mass is 312 g/mol. The molecule has 106 valence electrons. The lowest BCUT2D eigenvalue weighted by atomic mass is 9.95. The van der Waals surface area contributed by atoms with Crippen molar-refractivity contribution in [3.63, 3.8) is 0 Å². The number of hydrogen-bond donors (Lipinski definition) is 1. The Kier molecular flexibility index (Phi) is 3.22. The Bertz CT molecular complexity index is 605. The SMILES string of the molecule is Cc1cc(Cl)c(C2=C(O)C3(CCCC3)OC2=O)c(Cl)c1. The zero-order valence-electron chi connectivity index (χ0n) is 11.0. The van der Waals surface area contributed by atoms with E-state index in [1.807, 2.05) is 6.92 Å². The minimum Gasteiger partial charge on any atom is -0.507 e. The van der Waals surface area contributed by atoms with Crippen molar-refractivity contribution in [2.45, 2.75) is 38.2 Å². The van der Waals surface area contributed by atoms with E-state index in [4.69, 9.17) is 27.9 Å². The Hall–Kier alpha value is -1.19. The molecular weight excluding hydrogens is 299 g/mol. The summed E-state index contributed by atoms with van der Waals surface area (Å²) in [6.45, 7) is 1.86. The lowest BCUT2D eigenvalue weighted by molar-refractivity contribution is -0.146. The van der Waals surface area contributed by atoms with Gasteiger partial charge in [0.25, 0.3) is 0 Å². The molecule has 0 aromatic heterocycles. The van der Waals surface area contributed by atoms with Crippen LogP contribution in [-0.2, 0) is 9.53 Å². The highest BCUT2D eigenvalue weighted by atomic mass is 35.5. The molecule has 1 fully saturated rings. The largest absolute Gasteiger partial charge is 0.507 e. The van der Waals surface area contributed by atoms with Gasteiger partial charge in [-0.3, -0.25) is 0 Å². The fraction of sp³-hybridized carbons (Fsp3) is 0.400. The zero-order valence-corrected chi connectivity index (χ0v) is 12.5. The van der Waals surface area contributed by atoms with Crippen LogP contribution in [-0.4, -0.2) is 16.7 Å². The molecule has 1 N–H and O–H groups in total. The van der Waals surface area contributed by atoms with Crippen molar-refractivity contribution in [3.8, 4) is 0 Å². The van der Waals surface area contributed by atoms with E-state index in [2.05, 4.69) is 0 Å². The predicted molar refractivity (Wildman–Crippen MR) is 78.0 cm³/mol. The van der Waals surface area contributed by atoms with E-state index in [0.29, 0.717) is 28.5 Å². The molecule has 0 unspecified atom stereocenters. The molecule has 5 heteroatoms. The molecule has 1 heterocycles. The maximum atomic E-state index is 12.2. The van der Waals surface area contributed by atoms with Gasteiger partial charge in [-0.1, -0.05) is 23.2 Å². The Morgan fingerprint density at radius 1 is 1.20 bits per heavy atom. The number of hydrogen-bond acceptors (Lipinski definition) is 3. The van der Waals surface area contributed by atoms with Crippen LogP contribution in [0.25, 0.3) is 5.57 Å². The highest BCUT2D eigenvalue weighted by Gasteiger charge is 2.50. The summed E-state index contributed by atoms with van der Waals surface area (Å²) < 4.78 is 5.45. The Balaban J connectivity index is 2.19. The summed E-state index contributed by atoms with van der Waals surface area (Å²) in [6.07, 6.45) is 3.16. The van der Waals surface area contributed by atoms with Crippen LogP contribution in [0.1, 0.15) is 36.8 Å². The first kappa shape index (κ1) is 13.8. The molecule has 1 aromatic rings. The third-order valence-corrected chi connectivity index (χ3v) is 4.60. The maximum Gasteiger partial charge on any atom is 0.343 e. The summed E-state index contributed by atoms with van der Waals surface area (Å²) in [5, 5.41) is 11.2. The molecule has 0 saturated heterocycles. The summed E-state index contributed by atoms with van der Waals surface area (Å²) >= 11 is 12.4. The second kappa shape index (κ2) is 4.68. The van der Waals surface area contributed by atoms with E-state index < -0.39 is 11.6 Å². The number of esters is 1. The van der Waals surface area contributed by atoms with Gasteiger partial charge in [-0.15, -0.1) is 0 Å². The molecule has 20 heavy (non-hydrogen) atoms. The fourth-order valence-corrected chi connectivity index (χ4v) is 3.83. The Labute approximate surface area is 127 Å². The van der Waals surface area contributed by atoms with Crippen LogP contribution in [0.3, 0.4) is 0 Å². The number of ether oxygens (including phenoxy) is 1. The molecule has 1 spiro atoms. The van der Waals surface area contributed by atoms with Crippen LogP contribution in [0.5, 0.6) is 0 Å². The molecule has 0 radical (unpaired) electrons. The molecule has 1 aliphatic carbocycles. The van der Waals surface area contributed by atoms with E-state index in [1.54, 1.807) is 12.1 Å². The van der Waals surface area contributed by atoms with Gasteiger partial charge in [0, 0.05) is 5.56 Å². The summed E-state index contributed by atoms with van der Waals surface area (Å²) in [6, 6.07) is 3.44. The third-order valence-electron chi connectivity index (χ3n) is 4.01. The zero-order chi connectivity index (χ0) is 14.5. The molecule has 2 aliphatic rings. The van der Waals surface area contributed by atoms with Crippen LogP contribution in [0.2, 0.25) is 10.0 Å². The van der Waals surface area contributed by atoms with Crippen molar-refractivity contribution in [3.05, 3.63) is 39.1 Å². The molecule has 1 aromatic carbocycles. The molecule has 0 amide bonds. The lowest BCUT2D eigenvalue weighted by Gasteiger charge is -2.21. The summed E-state index contributed by atoms with van der Waals surface area (Å²) in [5.41, 5.74) is 0.516. The van der Waals surface area contributed by atoms with Crippen molar-refractivity contribution in [1.29, 1.82) is 0 Å². The molecule has 3 rings (SSSR count). The maximum absolute atomic E-state index is 12.2. The van der Waals surface area contributed by atoms with Gasteiger partial charge in [0.2, 0.25) is 0 Å². The molecule has 3 nitrogen and oxygen atoms in total. The predicted octanol–water partition coefficient (Wildman–Crippen LogP) is 4.44. The number of benzene rings is 1. The second-order valence-electron chi connectivity index (χ2n) is 5.42. The quantitative estimate of drug-likeness (QED) is 0.780. The van der Waals surface area contributed by atoms with Crippen LogP contribution < -0.4 is 0 Å². The molecule has 0 atom stereocenters. The van der Waals surface area contributed by atoms with Gasteiger partial charge in [0.15, 0.2) is 11.4 Å². The van der Waals surface area contributed by atoms with E-state index in [-0.39, 0.29) is 11.3 Å². The van der Waals surface area contributed by atoms with Crippen molar-refractivity contribution >= 4 is 34.7 Å². The number of aliphatic hydroxyl groups excluding tert-OH is 1. The standard InChI is InChI=1S/C15H14Cl2O3/c1-8-6-9(16)11(10(17)7-8)12-13(18)15(20-14(12)19)4-2-3-5-15/h6-7,18H,2-5H2,1H3. The average Bonchev–Trinajstić information content (AvgIpc) is 2.89. The summed E-state index contributed by atoms with van der Waals surface area (Å²) in [5.74, 6) is -0.565. The van der Waals surface area contributed by atoms with Gasteiger partial charge < -0.3 is 9.84 Å². The normalized spacial score (nSPS) is 20.9. The van der Waals surface area contributed by atoms with E-state index in [0.717, 1.165) is 18.4 Å². The highest BCUT2D eigenvalue weighted by Crippen LogP contribution is 2.48. The third kappa shape index (κ3) is 1.92. The van der Waals surface area contributed by atoms with Crippen LogP contribution >= 0.6 is 23.2 Å². The number of aliphatic hydroxyl groups is 1. The molecular formula is C15H14Cl2O3. The Morgan fingerprint density at radius 2 is 1.75 bits per heavy atom. The second-order valence-corrected chi connectivity index (χ2v) is 6.23. The van der Waals surface area contributed by atoms with Crippen LogP contribution in [0.15, 0.2) is 17.9 Å². The van der Waals surface area contributed by atoms with E-state index in [1.165, 1.54) is 0 Å². The van der Waals surface area contributed by atoms with Gasteiger partial charge >= 0.3 is 5.97 Å². The average molecular weight is 313 g/mol. The fourth-order valence-electron chi connectivity index (χ4n) is 3.05. The number of carbonyl (C=O) groups is 1. The van der Waals surface area contributed by atoms with Gasteiger partial charge in [-0.05, 0) is 50.3 Å². The van der Waals surface area contributed by atoms with Gasteiger partial charge in [-0.2, -0.15) is 0 Å². The van der Waals surface area contributed by atoms with Crippen LogP contribution in [0, 0.1) is 6.92 Å². The minimum atomic E-state index is -0.857. The first-order chi connectivity index (χ1) is 9.44. The first-order valence-electron chi connectivity index (χ1n) is 6.58. The Morgan fingerprint density at radius 3 is 2.30 bits per heavy atom. The minimum absolute atomic E-state index is 0.0207. The number of aryl methyl sites for hydroxylation is 1. The van der Waals surface area contributed by atoms with Gasteiger partial charge in [0.1, 0.15) is 5.57 Å². The number of carbonyl (C=O) groups excluding carboxylic acids is 1. The molecule has 1 aliphatic heterocycles. The van der Waals surface area contributed by atoms with Crippen molar-refractivity contribution in [2.24, 2.45) is 0 Å². The van der Waals surface area contributed by atoms with E-state index >= 15 is 0 Å². The highest BCUT2D eigenvalue weighted by molar-refractivity contribution is 6.40. The first-order valence-corrected chi connectivity index (χ1v) is 7.33. The van der Waals surface area contributed by atoms with E-state index in [9.17, 15) is 9.90 Å². The number of rotatable bonds is 1. The van der Waals surface area contributed by atoms with Crippen LogP contribution in [0.4, 0.5) is 0 Å². The summed E-state index contributed by atoms with van der Waals surface area (Å²) in [7, 11) is 0. The molecule has 0 bridgehead atoms. The van der Waals surface area contributed by atoms with Crippen molar-refractivity contribution in [2.75, 3.05) is 0 Å². The van der Waals surface area contributed by atoms with Gasteiger partial charge in [0.05, 0.1) is 10.0 Å². The lowest BCUT2D eigenvalue weighted by Crippen LogP contribution is -2.27. The van der Waals surface area contributed by atoms with Crippen molar-refractivity contribution < 1.29 is 14.6 Å². The smallest absolute Gasteiger partial charge is 0.343 e. The van der Waals surface area contributed by atoms with Crippen molar-refractivity contribution in [1.82, 2.24) is 0 Å². The molecule has 1 saturated carbocycles. The van der Waals surface area contributed by atoms with Gasteiger partial charge in [-0.25, -0.2) is 4.79 Å². The number of halogens is 2. The summed E-state index contributed by atoms with van der Waals surface area (Å²) in [4.78, 5) is 12.2. The topological polar surface area (TPSA) is 46.5 Å².